The maximum atomic E-state index is 12.3. The van der Waals surface area contributed by atoms with Gasteiger partial charge in [-0.05, 0) is 24.6 Å². The van der Waals surface area contributed by atoms with Crippen LogP contribution in [-0.4, -0.2) is 43.0 Å². The van der Waals surface area contributed by atoms with Crippen molar-refractivity contribution < 1.29 is 14.3 Å². The van der Waals surface area contributed by atoms with Gasteiger partial charge in [-0.25, -0.2) is 4.79 Å². The van der Waals surface area contributed by atoms with Crippen molar-refractivity contribution in [3.05, 3.63) is 34.9 Å². The van der Waals surface area contributed by atoms with Crippen molar-refractivity contribution in [3.8, 4) is 0 Å². The number of urea groups is 1. The predicted octanol–water partition coefficient (Wildman–Crippen LogP) is 2.56. The molecular weight excluding hydrogens is 292 g/mol. The molecule has 0 saturated carbocycles. The third-order valence-electron chi connectivity index (χ3n) is 3.98. The highest BCUT2D eigenvalue weighted by Gasteiger charge is 2.44. The summed E-state index contributed by atoms with van der Waals surface area (Å²) < 4.78 is 11.3. The van der Waals surface area contributed by atoms with Crippen LogP contribution in [0.15, 0.2) is 24.3 Å². The molecule has 2 heterocycles. The average molecular weight is 311 g/mol. The molecule has 2 fully saturated rings. The van der Waals surface area contributed by atoms with E-state index < -0.39 is 5.79 Å². The van der Waals surface area contributed by atoms with E-state index in [1.165, 1.54) is 0 Å². The standard InChI is InChI=1S/C15H19ClN2O3/c1-11(12-3-2-4-13(16)9-12)17-14(19)18-6-5-15(10-18)20-7-8-21-15/h2-4,9,11H,5-8,10H2,1H3,(H,17,19)/t11-/m0/s1. The molecule has 2 saturated heterocycles. The van der Waals surface area contributed by atoms with Crippen LogP contribution in [0.5, 0.6) is 0 Å². The van der Waals surface area contributed by atoms with Gasteiger partial charge in [-0.2, -0.15) is 0 Å². The highest BCUT2D eigenvalue weighted by molar-refractivity contribution is 6.30. The number of ether oxygens (including phenoxy) is 2. The van der Waals surface area contributed by atoms with Crippen LogP contribution < -0.4 is 5.32 Å². The van der Waals surface area contributed by atoms with Gasteiger partial charge in [0.25, 0.3) is 0 Å². The van der Waals surface area contributed by atoms with E-state index in [0.29, 0.717) is 31.3 Å². The molecule has 0 aliphatic carbocycles. The van der Waals surface area contributed by atoms with Gasteiger partial charge in [0.05, 0.1) is 25.8 Å². The topological polar surface area (TPSA) is 50.8 Å². The van der Waals surface area contributed by atoms with Crippen LogP contribution in [-0.2, 0) is 9.47 Å². The van der Waals surface area contributed by atoms with Crippen LogP contribution in [0, 0.1) is 0 Å². The summed E-state index contributed by atoms with van der Waals surface area (Å²) in [6, 6.07) is 7.31. The highest BCUT2D eigenvalue weighted by atomic mass is 35.5. The zero-order valence-corrected chi connectivity index (χ0v) is 12.7. The lowest BCUT2D eigenvalue weighted by atomic mass is 10.1. The summed E-state index contributed by atoms with van der Waals surface area (Å²) in [4.78, 5) is 14.1. The molecule has 0 radical (unpaired) electrons. The Morgan fingerprint density at radius 2 is 2.19 bits per heavy atom. The summed E-state index contributed by atoms with van der Waals surface area (Å²) in [5.41, 5.74) is 0.984. The second-order valence-electron chi connectivity index (χ2n) is 5.51. The van der Waals surface area contributed by atoms with Crippen molar-refractivity contribution in [2.45, 2.75) is 25.2 Å². The fraction of sp³-hybridized carbons (Fsp3) is 0.533. The Bertz CT molecular complexity index is 531. The Balaban J connectivity index is 1.59. The molecule has 0 aromatic heterocycles. The van der Waals surface area contributed by atoms with Crippen molar-refractivity contribution in [1.29, 1.82) is 0 Å². The minimum Gasteiger partial charge on any atom is -0.346 e. The van der Waals surface area contributed by atoms with Crippen LogP contribution in [0.25, 0.3) is 0 Å². The minimum absolute atomic E-state index is 0.0987. The van der Waals surface area contributed by atoms with Gasteiger partial charge >= 0.3 is 6.03 Å². The lowest BCUT2D eigenvalue weighted by molar-refractivity contribution is -0.143. The van der Waals surface area contributed by atoms with Gasteiger partial charge in [0, 0.05) is 18.0 Å². The van der Waals surface area contributed by atoms with E-state index in [2.05, 4.69) is 5.32 Å². The Hall–Kier alpha value is -1.30. The molecule has 5 nitrogen and oxygen atoms in total. The number of carbonyl (C=O) groups excluding carboxylic acids is 1. The number of likely N-dealkylation sites (tertiary alicyclic amines) is 1. The lowest BCUT2D eigenvalue weighted by Crippen LogP contribution is -2.42. The number of rotatable bonds is 2. The van der Waals surface area contributed by atoms with Gasteiger partial charge in [0.2, 0.25) is 0 Å². The first-order valence-electron chi connectivity index (χ1n) is 7.17. The molecule has 2 aliphatic rings. The Morgan fingerprint density at radius 1 is 1.43 bits per heavy atom. The van der Waals surface area contributed by atoms with Crippen molar-refractivity contribution in [2.75, 3.05) is 26.3 Å². The van der Waals surface area contributed by atoms with Crippen LogP contribution in [0.3, 0.4) is 0 Å². The summed E-state index contributed by atoms with van der Waals surface area (Å²) >= 11 is 5.98. The Morgan fingerprint density at radius 3 is 2.90 bits per heavy atom. The average Bonchev–Trinajstić information content (AvgIpc) is 3.09. The number of hydrogen-bond acceptors (Lipinski definition) is 3. The number of benzene rings is 1. The van der Waals surface area contributed by atoms with E-state index >= 15 is 0 Å². The SMILES string of the molecule is C[C@H](NC(=O)N1CCC2(C1)OCCO2)c1cccc(Cl)c1. The molecule has 114 valence electrons. The monoisotopic (exact) mass is 310 g/mol. The number of amides is 2. The van der Waals surface area contributed by atoms with Gasteiger partial charge in [0.15, 0.2) is 5.79 Å². The van der Waals surface area contributed by atoms with E-state index in [9.17, 15) is 4.79 Å². The summed E-state index contributed by atoms with van der Waals surface area (Å²) in [6.45, 7) is 4.29. The first-order chi connectivity index (χ1) is 10.1. The molecule has 0 bridgehead atoms. The number of hydrogen-bond donors (Lipinski definition) is 1. The molecule has 1 atom stereocenters. The van der Waals surface area contributed by atoms with Crippen LogP contribution >= 0.6 is 11.6 Å². The molecule has 6 heteroatoms. The maximum absolute atomic E-state index is 12.3. The molecule has 3 rings (SSSR count). The molecule has 1 aromatic carbocycles. The molecule has 0 unspecified atom stereocenters. The van der Waals surface area contributed by atoms with Gasteiger partial charge < -0.3 is 19.7 Å². The fourth-order valence-electron chi connectivity index (χ4n) is 2.80. The number of halogens is 1. The molecule has 1 N–H and O–H groups in total. The van der Waals surface area contributed by atoms with Gasteiger partial charge in [-0.15, -0.1) is 0 Å². The van der Waals surface area contributed by atoms with Crippen molar-refractivity contribution in [1.82, 2.24) is 10.2 Å². The van der Waals surface area contributed by atoms with E-state index in [1.54, 1.807) is 4.90 Å². The summed E-state index contributed by atoms with van der Waals surface area (Å²) in [6.07, 6.45) is 0.728. The third kappa shape index (κ3) is 3.15. The zero-order valence-electron chi connectivity index (χ0n) is 12.0. The van der Waals surface area contributed by atoms with Crippen LogP contribution in [0.2, 0.25) is 5.02 Å². The van der Waals surface area contributed by atoms with E-state index in [0.717, 1.165) is 12.0 Å². The summed E-state index contributed by atoms with van der Waals surface area (Å²) in [5, 5.41) is 3.66. The third-order valence-corrected chi connectivity index (χ3v) is 4.22. The van der Waals surface area contributed by atoms with Gasteiger partial charge in [0.1, 0.15) is 0 Å². The van der Waals surface area contributed by atoms with E-state index in [1.807, 2.05) is 31.2 Å². The van der Waals surface area contributed by atoms with Gasteiger partial charge in [-0.1, -0.05) is 23.7 Å². The zero-order chi connectivity index (χ0) is 14.9. The highest BCUT2D eigenvalue weighted by Crippen LogP contribution is 2.30. The van der Waals surface area contributed by atoms with Gasteiger partial charge in [-0.3, -0.25) is 0 Å². The van der Waals surface area contributed by atoms with Crippen LogP contribution in [0.4, 0.5) is 4.79 Å². The van der Waals surface area contributed by atoms with Crippen LogP contribution in [0.1, 0.15) is 24.9 Å². The number of nitrogens with one attached hydrogen (secondary N) is 1. The smallest absolute Gasteiger partial charge is 0.318 e. The number of carbonyl (C=O) groups is 1. The second kappa shape index (κ2) is 5.83. The second-order valence-corrected chi connectivity index (χ2v) is 5.94. The molecular formula is C15H19ClN2O3. The summed E-state index contributed by atoms with van der Waals surface area (Å²) in [5.74, 6) is -0.573. The molecule has 2 aliphatic heterocycles. The largest absolute Gasteiger partial charge is 0.346 e. The van der Waals surface area contributed by atoms with Crippen molar-refractivity contribution in [2.24, 2.45) is 0 Å². The first kappa shape index (κ1) is 14.6. The molecule has 1 aromatic rings. The van der Waals surface area contributed by atoms with Crippen molar-refractivity contribution in [3.63, 3.8) is 0 Å². The first-order valence-corrected chi connectivity index (χ1v) is 7.55. The van der Waals surface area contributed by atoms with Crippen molar-refractivity contribution >= 4 is 17.6 Å². The molecule has 21 heavy (non-hydrogen) atoms. The lowest BCUT2D eigenvalue weighted by Gasteiger charge is -2.24. The van der Waals surface area contributed by atoms with E-state index in [4.69, 9.17) is 21.1 Å². The fourth-order valence-corrected chi connectivity index (χ4v) is 2.99. The molecule has 2 amide bonds. The Kier molecular flexibility index (Phi) is 4.06. The van der Waals surface area contributed by atoms with E-state index in [-0.39, 0.29) is 12.1 Å². The normalized spacial score (nSPS) is 21.7. The predicted molar refractivity (Wildman–Crippen MR) is 79.2 cm³/mol. The maximum Gasteiger partial charge on any atom is 0.318 e. The summed E-state index contributed by atoms with van der Waals surface area (Å²) in [7, 11) is 0. The Labute approximate surface area is 129 Å². The quantitative estimate of drug-likeness (QED) is 0.913. The number of nitrogens with zero attached hydrogens (tertiary/aromatic N) is 1. The minimum atomic E-state index is -0.573. The molecule has 1 spiro atoms.